The third-order valence-corrected chi connectivity index (χ3v) is 4.93. The van der Waals surface area contributed by atoms with Crippen molar-refractivity contribution in [2.45, 2.75) is 6.54 Å². The number of fused-ring (bicyclic) bond motifs is 1. The summed E-state index contributed by atoms with van der Waals surface area (Å²) in [4.78, 5) is 23.0. The Labute approximate surface area is 175 Å². The number of para-hydroxylation sites is 3. The van der Waals surface area contributed by atoms with Crippen LogP contribution < -0.4 is 4.74 Å². The smallest absolute Gasteiger partial charge is 0.254 e. The van der Waals surface area contributed by atoms with Gasteiger partial charge < -0.3 is 14.6 Å². The van der Waals surface area contributed by atoms with Crippen molar-refractivity contribution in [1.82, 2.24) is 14.9 Å². The zero-order valence-electron chi connectivity index (χ0n) is 17.0. The number of aromatic amines is 1. The maximum atomic E-state index is 13.4. The van der Waals surface area contributed by atoms with Gasteiger partial charge in [-0.05, 0) is 29.8 Å². The molecule has 0 spiro atoms. The average Bonchev–Trinajstić information content (AvgIpc) is 3.20. The fourth-order valence-electron chi connectivity index (χ4n) is 3.41. The molecule has 1 N–H and O–H groups in total. The van der Waals surface area contributed by atoms with E-state index in [1.807, 2.05) is 84.9 Å². The van der Waals surface area contributed by atoms with Gasteiger partial charge in [0.2, 0.25) is 0 Å². The summed E-state index contributed by atoms with van der Waals surface area (Å²) in [7, 11) is 3.42. The van der Waals surface area contributed by atoms with E-state index in [1.54, 1.807) is 19.1 Å². The van der Waals surface area contributed by atoms with Crippen LogP contribution in [0.5, 0.6) is 5.75 Å². The standard InChI is InChI=1S/C25H23N3O2/c1-28(17-24-26-21-13-7-8-14-22(21)27-24)25(29)20(18-10-4-3-5-11-18)16-19-12-6-9-15-23(19)30-2/h3-16H,17H2,1-2H3,(H,26,27)/b20-16+. The molecule has 4 aromatic rings. The minimum Gasteiger partial charge on any atom is -0.496 e. The second-order valence-electron chi connectivity index (χ2n) is 7.03. The molecule has 0 radical (unpaired) electrons. The molecule has 0 aliphatic heterocycles. The monoisotopic (exact) mass is 397 g/mol. The maximum Gasteiger partial charge on any atom is 0.254 e. The quantitative estimate of drug-likeness (QED) is 0.377. The molecule has 5 nitrogen and oxygen atoms in total. The number of ether oxygens (including phenoxy) is 1. The molecule has 0 atom stereocenters. The van der Waals surface area contributed by atoms with Gasteiger partial charge in [-0.15, -0.1) is 0 Å². The van der Waals surface area contributed by atoms with Crippen molar-refractivity contribution in [2.75, 3.05) is 14.2 Å². The molecule has 1 aromatic heterocycles. The predicted molar refractivity (Wildman–Crippen MR) is 120 cm³/mol. The Kier molecular flexibility index (Phi) is 5.61. The normalized spacial score (nSPS) is 11.5. The van der Waals surface area contributed by atoms with E-state index in [1.165, 1.54) is 0 Å². The first kappa shape index (κ1) is 19.5. The molecule has 3 aromatic carbocycles. The number of nitrogens with zero attached hydrogens (tertiary/aromatic N) is 2. The third kappa shape index (κ3) is 4.10. The molecule has 0 aliphatic rings. The van der Waals surface area contributed by atoms with Crippen LogP contribution in [-0.2, 0) is 11.3 Å². The number of imidazole rings is 1. The summed E-state index contributed by atoms with van der Waals surface area (Å²) in [6, 6.07) is 25.2. The highest BCUT2D eigenvalue weighted by Gasteiger charge is 2.19. The summed E-state index contributed by atoms with van der Waals surface area (Å²) in [5.41, 5.74) is 4.15. The number of amides is 1. The van der Waals surface area contributed by atoms with E-state index >= 15 is 0 Å². The molecule has 0 saturated carbocycles. The van der Waals surface area contributed by atoms with Gasteiger partial charge in [-0.25, -0.2) is 4.98 Å². The Balaban J connectivity index is 1.67. The number of nitrogens with one attached hydrogen (secondary N) is 1. The number of likely N-dealkylation sites (N-methyl/N-ethyl adjacent to an activating group) is 1. The van der Waals surface area contributed by atoms with Gasteiger partial charge in [-0.1, -0.05) is 60.7 Å². The molecule has 1 amide bonds. The van der Waals surface area contributed by atoms with E-state index in [4.69, 9.17) is 4.74 Å². The van der Waals surface area contributed by atoms with Gasteiger partial charge in [0.05, 0.1) is 24.7 Å². The second kappa shape index (κ2) is 8.66. The summed E-state index contributed by atoms with van der Waals surface area (Å²) in [5.74, 6) is 1.38. The van der Waals surface area contributed by atoms with Crippen molar-refractivity contribution in [1.29, 1.82) is 0 Å². The zero-order chi connectivity index (χ0) is 20.9. The molecular formula is C25H23N3O2. The maximum absolute atomic E-state index is 13.4. The SMILES string of the molecule is COc1ccccc1/C=C(/C(=O)N(C)Cc1nc2ccccc2[nH]1)c1ccccc1. The van der Waals surface area contributed by atoms with Crippen LogP contribution in [0.25, 0.3) is 22.7 Å². The fourth-order valence-corrected chi connectivity index (χ4v) is 3.41. The third-order valence-electron chi connectivity index (χ3n) is 4.93. The average molecular weight is 397 g/mol. The summed E-state index contributed by atoms with van der Waals surface area (Å²) in [5, 5.41) is 0. The van der Waals surface area contributed by atoms with Crippen LogP contribution >= 0.6 is 0 Å². The highest BCUT2D eigenvalue weighted by molar-refractivity contribution is 6.24. The van der Waals surface area contributed by atoms with Crippen molar-refractivity contribution in [3.63, 3.8) is 0 Å². The molecule has 0 unspecified atom stereocenters. The minimum absolute atomic E-state index is 0.0902. The molecule has 0 bridgehead atoms. The number of methoxy groups -OCH3 is 1. The van der Waals surface area contributed by atoms with Crippen molar-refractivity contribution in [3.8, 4) is 5.75 Å². The first-order valence-electron chi connectivity index (χ1n) is 9.75. The number of carbonyl (C=O) groups is 1. The number of H-pyrrole nitrogens is 1. The van der Waals surface area contributed by atoms with Crippen molar-refractivity contribution in [2.24, 2.45) is 0 Å². The van der Waals surface area contributed by atoms with Crippen molar-refractivity contribution < 1.29 is 9.53 Å². The Bertz CT molecular complexity index is 1160. The lowest BCUT2D eigenvalue weighted by Crippen LogP contribution is -2.27. The van der Waals surface area contributed by atoms with E-state index in [2.05, 4.69) is 9.97 Å². The number of carbonyl (C=O) groups excluding carboxylic acids is 1. The Hall–Kier alpha value is -3.86. The minimum atomic E-state index is -0.0902. The molecule has 150 valence electrons. The lowest BCUT2D eigenvalue weighted by Gasteiger charge is -2.19. The summed E-state index contributed by atoms with van der Waals surface area (Å²) >= 11 is 0. The first-order chi connectivity index (χ1) is 14.7. The van der Waals surface area contributed by atoms with Crippen LogP contribution in [0.1, 0.15) is 17.0 Å². The Morgan fingerprint density at radius 1 is 1.00 bits per heavy atom. The number of benzene rings is 3. The fraction of sp³-hybridized carbons (Fsp3) is 0.120. The van der Waals surface area contributed by atoms with Crippen LogP contribution in [0, 0.1) is 0 Å². The Morgan fingerprint density at radius 2 is 1.70 bits per heavy atom. The number of hydrogen-bond donors (Lipinski definition) is 1. The number of rotatable bonds is 6. The van der Waals surface area contributed by atoms with Crippen LogP contribution in [0.15, 0.2) is 78.9 Å². The van der Waals surface area contributed by atoms with Gasteiger partial charge in [0, 0.05) is 18.2 Å². The summed E-state index contributed by atoms with van der Waals surface area (Å²) < 4.78 is 5.47. The predicted octanol–water partition coefficient (Wildman–Crippen LogP) is 4.77. The molecule has 4 rings (SSSR count). The highest BCUT2D eigenvalue weighted by Crippen LogP contribution is 2.26. The van der Waals surface area contributed by atoms with Crippen LogP contribution in [0.3, 0.4) is 0 Å². The van der Waals surface area contributed by atoms with Gasteiger partial charge in [0.15, 0.2) is 0 Å². The van der Waals surface area contributed by atoms with Crippen LogP contribution in [0.2, 0.25) is 0 Å². The lowest BCUT2D eigenvalue weighted by atomic mass is 10.0. The van der Waals surface area contributed by atoms with Gasteiger partial charge in [-0.3, -0.25) is 4.79 Å². The number of hydrogen-bond acceptors (Lipinski definition) is 3. The van der Waals surface area contributed by atoms with E-state index in [0.29, 0.717) is 12.1 Å². The van der Waals surface area contributed by atoms with Gasteiger partial charge in [0.1, 0.15) is 11.6 Å². The van der Waals surface area contributed by atoms with Crippen LogP contribution in [-0.4, -0.2) is 34.9 Å². The molecule has 1 heterocycles. The van der Waals surface area contributed by atoms with Crippen molar-refractivity contribution >= 4 is 28.6 Å². The topological polar surface area (TPSA) is 58.2 Å². The van der Waals surface area contributed by atoms with E-state index < -0.39 is 0 Å². The molecule has 5 heteroatoms. The van der Waals surface area contributed by atoms with Gasteiger partial charge >= 0.3 is 0 Å². The summed E-state index contributed by atoms with van der Waals surface area (Å²) in [6.45, 7) is 0.379. The van der Waals surface area contributed by atoms with E-state index in [0.717, 1.165) is 33.7 Å². The Morgan fingerprint density at radius 3 is 2.47 bits per heavy atom. The van der Waals surface area contributed by atoms with E-state index in [9.17, 15) is 4.79 Å². The van der Waals surface area contributed by atoms with Gasteiger partial charge in [-0.2, -0.15) is 0 Å². The highest BCUT2D eigenvalue weighted by atomic mass is 16.5. The lowest BCUT2D eigenvalue weighted by molar-refractivity contribution is -0.124. The number of aromatic nitrogens is 2. The largest absolute Gasteiger partial charge is 0.496 e. The zero-order valence-corrected chi connectivity index (χ0v) is 17.0. The molecule has 30 heavy (non-hydrogen) atoms. The first-order valence-corrected chi connectivity index (χ1v) is 9.75. The molecule has 0 saturated heterocycles. The molecule has 0 aliphatic carbocycles. The van der Waals surface area contributed by atoms with Crippen LogP contribution in [0.4, 0.5) is 0 Å². The molecular weight excluding hydrogens is 374 g/mol. The molecule has 0 fully saturated rings. The van der Waals surface area contributed by atoms with Gasteiger partial charge in [0.25, 0.3) is 5.91 Å². The second-order valence-corrected chi connectivity index (χ2v) is 7.03. The summed E-state index contributed by atoms with van der Waals surface area (Å²) in [6.07, 6.45) is 1.88. The van der Waals surface area contributed by atoms with Crippen molar-refractivity contribution in [3.05, 3.63) is 95.8 Å². The van der Waals surface area contributed by atoms with E-state index in [-0.39, 0.29) is 5.91 Å².